The normalized spacial score (nSPS) is 17.7. The number of Topliss-reactive ketones (excluding diaryl/α,β-unsaturated/α-hetero) is 1. The van der Waals surface area contributed by atoms with E-state index in [2.05, 4.69) is 10.5 Å². The Bertz CT molecular complexity index is 1040. The van der Waals surface area contributed by atoms with Gasteiger partial charge in [-0.2, -0.15) is 0 Å². The summed E-state index contributed by atoms with van der Waals surface area (Å²) >= 11 is 0. The van der Waals surface area contributed by atoms with Gasteiger partial charge in [-0.15, -0.1) is 0 Å². The summed E-state index contributed by atoms with van der Waals surface area (Å²) in [6, 6.07) is 10.5. The van der Waals surface area contributed by atoms with Crippen LogP contribution < -0.4 is 9.97 Å². The van der Waals surface area contributed by atoms with Crippen molar-refractivity contribution in [3.8, 4) is 5.75 Å². The zero-order chi connectivity index (χ0) is 21.3. The van der Waals surface area contributed by atoms with Gasteiger partial charge in [0.15, 0.2) is 11.5 Å². The maximum absolute atomic E-state index is 13.0. The van der Waals surface area contributed by atoms with E-state index < -0.39 is 18.9 Å². The first-order valence-corrected chi connectivity index (χ1v) is 9.65. The molecule has 0 spiro atoms. The number of oxime groups is 1. The van der Waals surface area contributed by atoms with Crippen molar-refractivity contribution in [1.29, 1.82) is 0 Å². The molecule has 2 aliphatic heterocycles. The summed E-state index contributed by atoms with van der Waals surface area (Å²) < 4.78 is 5.49. The number of fused-ring (bicyclic) bond motifs is 2. The zero-order valence-corrected chi connectivity index (χ0v) is 16.4. The van der Waals surface area contributed by atoms with Crippen molar-refractivity contribution in [3.05, 3.63) is 64.2 Å². The van der Waals surface area contributed by atoms with E-state index >= 15 is 0 Å². The van der Waals surface area contributed by atoms with Crippen LogP contribution in [0.2, 0.25) is 5.82 Å². The lowest BCUT2D eigenvalue weighted by molar-refractivity contribution is -0.113. The Kier molecular flexibility index (Phi) is 5.56. The first kappa shape index (κ1) is 20.1. The molecule has 2 aromatic carbocycles. The van der Waals surface area contributed by atoms with E-state index in [9.17, 15) is 19.7 Å². The number of para-hydroxylation sites is 1. The Morgan fingerprint density at radius 3 is 2.80 bits per heavy atom. The van der Waals surface area contributed by atoms with Crippen LogP contribution in [-0.2, 0) is 29.1 Å². The average Bonchev–Trinajstić information content (AvgIpc) is 3.19. The molecule has 2 heterocycles. The van der Waals surface area contributed by atoms with Crippen LogP contribution in [0.15, 0.2) is 41.6 Å². The van der Waals surface area contributed by atoms with Gasteiger partial charge in [-0.3, -0.25) is 4.79 Å². The fraction of sp³-hybridized carbons (Fsp3) is 0.286. The van der Waals surface area contributed by atoms with Crippen LogP contribution in [0.4, 0.5) is 0 Å². The fourth-order valence-corrected chi connectivity index (χ4v) is 3.96. The van der Waals surface area contributed by atoms with E-state index in [4.69, 9.17) is 9.49 Å². The minimum absolute atomic E-state index is 0.00953. The predicted molar refractivity (Wildman–Crippen MR) is 110 cm³/mol. The summed E-state index contributed by atoms with van der Waals surface area (Å²) in [5.41, 5.74) is 3.77. The van der Waals surface area contributed by atoms with E-state index in [1.807, 2.05) is 18.2 Å². The number of aromatic carboxylic acids is 1. The number of carboxylic acids is 1. The summed E-state index contributed by atoms with van der Waals surface area (Å²) in [6.07, 6.45) is 0.299. The molecule has 0 aliphatic carbocycles. The summed E-state index contributed by atoms with van der Waals surface area (Å²) in [5, 5.41) is 26.9. The smallest absolute Gasteiger partial charge is 0.526 e. The molecule has 0 saturated heterocycles. The van der Waals surface area contributed by atoms with Crippen LogP contribution in [0.5, 0.6) is 5.75 Å². The molecule has 0 bridgehead atoms. The summed E-state index contributed by atoms with van der Waals surface area (Å²) in [6.45, 7) is 1.53. The molecule has 0 amide bonds. The molecule has 3 N–H and O–H groups in total. The largest absolute Gasteiger partial charge is 0.535 e. The second-order valence-electron chi connectivity index (χ2n) is 7.41. The molecule has 30 heavy (non-hydrogen) atoms. The van der Waals surface area contributed by atoms with Crippen molar-refractivity contribution in [3.63, 3.8) is 0 Å². The van der Waals surface area contributed by atoms with Crippen molar-refractivity contribution in [1.82, 2.24) is 5.32 Å². The SMILES string of the molecule is CO/N=C(\C(=O)C[C@H]1Cc2cccc(C(=O)O)c2OB1O)c1ccc2c(c1)CNC2. The van der Waals surface area contributed by atoms with Gasteiger partial charge in [0, 0.05) is 30.9 Å². The Hall–Kier alpha value is -3.17. The molecule has 8 nitrogen and oxygen atoms in total. The van der Waals surface area contributed by atoms with Crippen LogP contribution >= 0.6 is 0 Å². The van der Waals surface area contributed by atoms with Gasteiger partial charge in [0.05, 0.1) is 5.56 Å². The van der Waals surface area contributed by atoms with Crippen molar-refractivity contribution < 1.29 is 29.2 Å². The molecule has 2 aliphatic rings. The van der Waals surface area contributed by atoms with Crippen LogP contribution in [0, 0.1) is 0 Å². The van der Waals surface area contributed by atoms with E-state index in [0.717, 1.165) is 18.7 Å². The third kappa shape index (κ3) is 3.81. The molecular weight excluding hydrogens is 387 g/mol. The number of carboxylic acid groups (broad SMARTS) is 1. The van der Waals surface area contributed by atoms with Gasteiger partial charge in [0.1, 0.15) is 12.9 Å². The lowest BCUT2D eigenvalue weighted by atomic mass is 9.64. The first-order chi connectivity index (χ1) is 14.5. The molecule has 154 valence electrons. The summed E-state index contributed by atoms with van der Waals surface area (Å²) in [5.74, 6) is -1.80. The van der Waals surface area contributed by atoms with Gasteiger partial charge in [-0.05, 0) is 35.2 Å². The molecule has 0 radical (unpaired) electrons. The summed E-state index contributed by atoms with van der Waals surface area (Å²) in [4.78, 5) is 29.3. The second-order valence-corrected chi connectivity index (χ2v) is 7.41. The van der Waals surface area contributed by atoms with Gasteiger partial charge in [-0.25, -0.2) is 4.79 Å². The second kappa shape index (κ2) is 8.29. The van der Waals surface area contributed by atoms with Gasteiger partial charge >= 0.3 is 13.1 Å². The maximum Gasteiger partial charge on any atom is 0.526 e. The minimum Gasteiger partial charge on any atom is -0.535 e. The number of hydrogen-bond donors (Lipinski definition) is 3. The zero-order valence-electron chi connectivity index (χ0n) is 16.4. The summed E-state index contributed by atoms with van der Waals surface area (Å²) in [7, 11) is 0.0831. The van der Waals surface area contributed by atoms with Crippen LogP contribution in [-0.4, -0.2) is 41.8 Å². The average molecular weight is 408 g/mol. The van der Waals surface area contributed by atoms with Crippen LogP contribution in [0.1, 0.15) is 39.0 Å². The number of nitrogens with one attached hydrogen (secondary N) is 1. The number of rotatable bonds is 6. The van der Waals surface area contributed by atoms with Crippen molar-refractivity contribution in [2.24, 2.45) is 5.16 Å². The third-order valence-corrected chi connectivity index (χ3v) is 5.46. The van der Waals surface area contributed by atoms with Gasteiger partial charge in [0.2, 0.25) is 0 Å². The number of hydrogen-bond acceptors (Lipinski definition) is 7. The number of carbonyl (C=O) groups is 2. The van der Waals surface area contributed by atoms with Crippen molar-refractivity contribution in [2.75, 3.05) is 7.11 Å². The van der Waals surface area contributed by atoms with Gasteiger partial charge < -0.3 is 24.9 Å². The minimum atomic E-state index is -1.30. The Morgan fingerprint density at radius 2 is 2.03 bits per heavy atom. The lowest BCUT2D eigenvalue weighted by Gasteiger charge is -2.28. The number of ketones is 1. The Morgan fingerprint density at radius 1 is 1.23 bits per heavy atom. The molecule has 2 aromatic rings. The topological polar surface area (TPSA) is 117 Å². The number of benzene rings is 2. The highest BCUT2D eigenvalue weighted by molar-refractivity contribution is 6.51. The van der Waals surface area contributed by atoms with E-state index in [-0.39, 0.29) is 29.2 Å². The van der Waals surface area contributed by atoms with Crippen LogP contribution in [0.3, 0.4) is 0 Å². The third-order valence-electron chi connectivity index (χ3n) is 5.46. The quantitative estimate of drug-likeness (QED) is 0.379. The highest BCUT2D eigenvalue weighted by Gasteiger charge is 2.38. The molecule has 1 atom stereocenters. The molecule has 0 fully saturated rings. The molecule has 0 saturated carbocycles. The molecule has 0 unspecified atom stereocenters. The fourth-order valence-electron chi connectivity index (χ4n) is 3.96. The molecule has 9 heteroatoms. The molecule has 0 aromatic heterocycles. The highest BCUT2D eigenvalue weighted by Crippen LogP contribution is 2.36. The van der Waals surface area contributed by atoms with E-state index in [0.29, 0.717) is 17.5 Å². The Balaban J connectivity index is 1.55. The molecule has 4 rings (SSSR count). The lowest BCUT2D eigenvalue weighted by Crippen LogP contribution is -2.36. The van der Waals surface area contributed by atoms with Gasteiger partial charge in [-0.1, -0.05) is 29.4 Å². The standard InChI is InChI=1S/C21H21BN2O6/c1-29-24-19(12-5-6-14-10-23-11-15(14)7-12)18(25)9-16-8-13-3-2-4-17(21(26)27)20(13)30-22(16)28/h2-7,16,23,28H,8-11H2,1H3,(H,26,27)/b24-19-/t16-/m1/s1. The molecular formula is C21H21BN2O6. The van der Waals surface area contributed by atoms with E-state index in [1.54, 1.807) is 12.1 Å². The highest BCUT2D eigenvalue weighted by atomic mass is 16.6. The van der Waals surface area contributed by atoms with Crippen molar-refractivity contribution >= 4 is 24.6 Å². The Labute approximate surface area is 173 Å². The maximum atomic E-state index is 13.0. The van der Waals surface area contributed by atoms with Crippen molar-refractivity contribution in [2.45, 2.75) is 31.7 Å². The van der Waals surface area contributed by atoms with Gasteiger partial charge in [0.25, 0.3) is 0 Å². The van der Waals surface area contributed by atoms with Crippen LogP contribution in [0.25, 0.3) is 0 Å². The first-order valence-electron chi connectivity index (χ1n) is 9.65. The predicted octanol–water partition coefficient (Wildman–Crippen LogP) is 1.78. The monoisotopic (exact) mass is 408 g/mol. The van der Waals surface area contributed by atoms with E-state index in [1.165, 1.54) is 18.7 Å². The number of carbonyl (C=O) groups excluding carboxylic acids is 1. The number of nitrogens with zero attached hydrogens (tertiary/aromatic N) is 1.